The van der Waals surface area contributed by atoms with Crippen LogP contribution < -0.4 is 10.1 Å². The Bertz CT molecular complexity index is 443. The van der Waals surface area contributed by atoms with Crippen molar-refractivity contribution in [2.75, 3.05) is 0 Å². The van der Waals surface area contributed by atoms with Gasteiger partial charge in [0.2, 0.25) is 0 Å². The molecule has 3 nitrogen and oxygen atoms in total. The fourth-order valence-electron chi connectivity index (χ4n) is 1.29. The van der Waals surface area contributed by atoms with E-state index in [0.717, 1.165) is 4.47 Å². The minimum atomic E-state index is -0.568. The van der Waals surface area contributed by atoms with Gasteiger partial charge in [-0.1, -0.05) is 11.6 Å². The third-order valence-corrected chi connectivity index (χ3v) is 2.92. The van der Waals surface area contributed by atoms with Crippen LogP contribution in [0.2, 0.25) is 5.02 Å². The van der Waals surface area contributed by atoms with Gasteiger partial charge in [0, 0.05) is 10.6 Å². The Morgan fingerprint density at radius 3 is 2.56 bits per heavy atom. The van der Waals surface area contributed by atoms with Gasteiger partial charge in [0.25, 0.3) is 5.91 Å². The van der Waals surface area contributed by atoms with E-state index in [1.54, 1.807) is 25.1 Å². The Morgan fingerprint density at radius 2 is 2.06 bits per heavy atom. The summed E-state index contributed by atoms with van der Waals surface area (Å²) in [4.78, 5) is 11.9. The molecule has 5 heteroatoms. The summed E-state index contributed by atoms with van der Waals surface area (Å²) in [5.41, 5.74) is -0.272. The Hall–Kier alpha value is -0.740. The molecule has 1 aromatic rings. The van der Waals surface area contributed by atoms with Crippen LogP contribution in [0.1, 0.15) is 27.7 Å². The number of halogens is 2. The molecule has 0 aliphatic heterocycles. The zero-order chi connectivity index (χ0) is 13.9. The lowest BCUT2D eigenvalue weighted by molar-refractivity contribution is -0.128. The zero-order valence-electron chi connectivity index (χ0n) is 10.9. The van der Waals surface area contributed by atoms with Crippen LogP contribution in [0.25, 0.3) is 0 Å². The van der Waals surface area contributed by atoms with Crippen LogP contribution in [-0.2, 0) is 4.79 Å². The number of carbonyl (C=O) groups excluding carboxylic acids is 1. The first-order chi connectivity index (χ1) is 8.19. The topological polar surface area (TPSA) is 38.3 Å². The highest BCUT2D eigenvalue weighted by Gasteiger charge is 2.21. The second kappa shape index (κ2) is 5.93. The van der Waals surface area contributed by atoms with Gasteiger partial charge >= 0.3 is 0 Å². The Labute approximate surface area is 121 Å². The van der Waals surface area contributed by atoms with Gasteiger partial charge in [-0.05, 0) is 61.8 Å². The Kier molecular flexibility index (Phi) is 5.05. The largest absolute Gasteiger partial charge is 0.480 e. The van der Waals surface area contributed by atoms with Crippen molar-refractivity contribution in [1.82, 2.24) is 5.32 Å². The summed E-state index contributed by atoms with van der Waals surface area (Å²) in [6, 6.07) is 5.18. The van der Waals surface area contributed by atoms with Crippen LogP contribution in [0.5, 0.6) is 5.75 Å². The van der Waals surface area contributed by atoms with Gasteiger partial charge in [-0.2, -0.15) is 0 Å². The molecule has 100 valence electrons. The lowest BCUT2D eigenvalue weighted by Crippen LogP contribution is -2.46. The molecule has 1 unspecified atom stereocenters. The van der Waals surface area contributed by atoms with Gasteiger partial charge in [-0.3, -0.25) is 4.79 Å². The number of nitrogens with one attached hydrogen (secondary N) is 1. The van der Waals surface area contributed by atoms with E-state index in [2.05, 4.69) is 21.2 Å². The molecule has 0 heterocycles. The molecule has 1 N–H and O–H groups in total. The van der Waals surface area contributed by atoms with Crippen molar-refractivity contribution in [3.05, 3.63) is 27.7 Å². The van der Waals surface area contributed by atoms with Crippen molar-refractivity contribution in [3.8, 4) is 5.75 Å². The SMILES string of the molecule is CC(Oc1ccc(Cl)cc1Br)C(=O)NC(C)(C)C. The standard InChI is InChI=1S/C13H17BrClNO2/c1-8(12(17)16-13(2,3)4)18-11-6-5-9(15)7-10(11)14/h5-8H,1-4H3,(H,16,17). The smallest absolute Gasteiger partial charge is 0.261 e. The number of hydrogen-bond acceptors (Lipinski definition) is 2. The van der Waals surface area contributed by atoms with Crippen LogP contribution >= 0.6 is 27.5 Å². The highest BCUT2D eigenvalue weighted by atomic mass is 79.9. The van der Waals surface area contributed by atoms with Crippen molar-refractivity contribution >= 4 is 33.4 Å². The summed E-state index contributed by atoms with van der Waals surface area (Å²) in [7, 11) is 0. The van der Waals surface area contributed by atoms with Gasteiger partial charge in [0.1, 0.15) is 5.75 Å². The molecule has 0 bridgehead atoms. The van der Waals surface area contributed by atoms with Gasteiger partial charge in [-0.15, -0.1) is 0 Å². The lowest BCUT2D eigenvalue weighted by Gasteiger charge is -2.23. The number of carbonyl (C=O) groups is 1. The monoisotopic (exact) mass is 333 g/mol. The van der Waals surface area contributed by atoms with E-state index in [-0.39, 0.29) is 11.4 Å². The van der Waals surface area contributed by atoms with Gasteiger partial charge in [0.15, 0.2) is 6.10 Å². The molecule has 1 amide bonds. The van der Waals surface area contributed by atoms with E-state index < -0.39 is 6.10 Å². The van der Waals surface area contributed by atoms with Gasteiger partial charge in [0.05, 0.1) is 4.47 Å². The van der Waals surface area contributed by atoms with Crippen molar-refractivity contribution in [3.63, 3.8) is 0 Å². The van der Waals surface area contributed by atoms with E-state index >= 15 is 0 Å². The van der Waals surface area contributed by atoms with E-state index in [1.807, 2.05) is 20.8 Å². The second-order valence-electron chi connectivity index (χ2n) is 5.07. The Balaban J connectivity index is 2.69. The van der Waals surface area contributed by atoms with Gasteiger partial charge < -0.3 is 10.1 Å². The fraction of sp³-hybridized carbons (Fsp3) is 0.462. The molecule has 0 aliphatic rings. The zero-order valence-corrected chi connectivity index (χ0v) is 13.2. The van der Waals surface area contributed by atoms with E-state index in [4.69, 9.17) is 16.3 Å². The third-order valence-electron chi connectivity index (χ3n) is 2.07. The van der Waals surface area contributed by atoms with Crippen molar-refractivity contribution < 1.29 is 9.53 Å². The normalized spacial score (nSPS) is 13.0. The molecule has 0 saturated heterocycles. The predicted molar refractivity (Wildman–Crippen MR) is 77.1 cm³/mol. The summed E-state index contributed by atoms with van der Waals surface area (Å²) in [5.74, 6) is 0.445. The average molecular weight is 335 g/mol. The van der Waals surface area contributed by atoms with Crippen molar-refractivity contribution in [2.24, 2.45) is 0 Å². The minimum Gasteiger partial charge on any atom is -0.480 e. The fourth-order valence-corrected chi connectivity index (χ4v) is 2.06. The highest BCUT2D eigenvalue weighted by molar-refractivity contribution is 9.10. The summed E-state index contributed by atoms with van der Waals surface area (Å²) in [5, 5.41) is 3.48. The molecule has 1 atom stereocenters. The molecule has 0 radical (unpaired) electrons. The predicted octanol–water partition coefficient (Wildman–Crippen LogP) is 3.78. The number of benzene rings is 1. The van der Waals surface area contributed by atoms with Crippen LogP contribution in [-0.4, -0.2) is 17.6 Å². The first-order valence-corrected chi connectivity index (χ1v) is 6.80. The second-order valence-corrected chi connectivity index (χ2v) is 6.36. The van der Waals surface area contributed by atoms with Gasteiger partial charge in [-0.25, -0.2) is 0 Å². The maximum atomic E-state index is 11.9. The van der Waals surface area contributed by atoms with Crippen molar-refractivity contribution in [1.29, 1.82) is 0 Å². The number of rotatable bonds is 3. The van der Waals surface area contributed by atoms with Crippen LogP contribution in [0, 0.1) is 0 Å². The quantitative estimate of drug-likeness (QED) is 0.913. The molecule has 0 aliphatic carbocycles. The van der Waals surface area contributed by atoms with Crippen molar-refractivity contribution in [2.45, 2.75) is 39.3 Å². The lowest BCUT2D eigenvalue weighted by atomic mass is 10.1. The number of hydrogen-bond donors (Lipinski definition) is 1. The summed E-state index contributed by atoms with van der Waals surface area (Å²) < 4.78 is 6.32. The summed E-state index contributed by atoms with van der Waals surface area (Å²) >= 11 is 9.18. The molecule has 0 fully saturated rings. The highest BCUT2D eigenvalue weighted by Crippen LogP contribution is 2.28. The molecule has 18 heavy (non-hydrogen) atoms. The first-order valence-electron chi connectivity index (χ1n) is 5.63. The summed E-state index contributed by atoms with van der Waals surface area (Å²) in [6.07, 6.45) is -0.568. The molecular weight excluding hydrogens is 318 g/mol. The molecular formula is C13H17BrClNO2. The molecule has 0 spiro atoms. The van der Waals surface area contributed by atoms with E-state index in [1.165, 1.54) is 0 Å². The molecule has 0 saturated carbocycles. The van der Waals surface area contributed by atoms with E-state index in [9.17, 15) is 4.79 Å². The maximum absolute atomic E-state index is 11.9. The first kappa shape index (κ1) is 15.3. The summed E-state index contributed by atoms with van der Waals surface area (Å²) in [6.45, 7) is 7.49. The van der Waals surface area contributed by atoms with Crippen LogP contribution in [0.4, 0.5) is 0 Å². The van der Waals surface area contributed by atoms with E-state index in [0.29, 0.717) is 10.8 Å². The molecule has 1 rings (SSSR count). The number of amides is 1. The third kappa shape index (κ3) is 4.86. The van der Waals surface area contributed by atoms with Crippen LogP contribution in [0.15, 0.2) is 22.7 Å². The minimum absolute atomic E-state index is 0.149. The number of ether oxygens (including phenoxy) is 1. The van der Waals surface area contributed by atoms with Crippen LogP contribution in [0.3, 0.4) is 0 Å². The Morgan fingerprint density at radius 1 is 1.44 bits per heavy atom. The molecule has 0 aromatic heterocycles. The maximum Gasteiger partial charge on any atom is 0.261 e. The average Bonchev–Trinajstić information content (AvgIpc) is 2.19. The molecule has 1 aromatic carbocycles.